The molecule has 144 valence electrons. The quantitative estimate of drug-likeness (QED) is 0.537. The standard InChI is InChI=1S/C20H34O5/c1-14-6-10-20(13-23)16(18(24)25)4-3-5-17(20)19(14,2)9-7-15(12-22)8-11-21/h4,14-15,17,21-23H,3,5-13H2,1-2H3,(H,24,25). The van der Waals surface area contributed by atoms with Gasteiger partial charge >= 0.3 is 5.97 Å². The highest BCUT2D eigenvalue weighted by Gasteiger charge is 2.57. The number of carbonyl (C=O) groups is 1. The van der Waals surface area contributed by atoms with Crippen LogP contribution in [0.25, 0.3) is 0 Å². The first-order valence-electron chi connectivity index (χ1n) is 9.62. The van der Waals surface area contributed by atoms with E-state index < -0.39 is 11.4 Å². The van der Waals surface area contributed by atoms with Crippen LogP contribution in [0.15, 0.2) is 11.6 Å². The van der Waals surface area contributed by atoms with Gasteiger partial charge in [-0.2, -0.15) is 0 Å². The Morgan fingerprint density at radius 3 is 2.56 bits per heavy atom. The predicted molar refractivity (Wildman–Crippen MR) is 96.0 cm³/mol. The summed E-state index contributed by atoms with van der Waals surface area (Å²) in [5.41, 5.74) is -0.311. The van der Waals surface area contributed by atoms with Gasteiger partial charge < -0.3 is 20.4 Å². The molecule has 5 atom stereocenters. The van der Waals surface area contributed by atoms with E-state index in [-0.39, 0.29) is 37.1 Å². The van der Waals surface area contributed by atoms with Crippen LogP contribution >= 0.6 is 0 Å². The molecule has 2 aliphatic carbocycles. The van der Waals surface area contributed by atoms with E-state index >= 15 is 0 Å². The van der Waals surface area contributed by atoms with E-state index in [9.17, 15) is 20.1 Å². The number of carboxylic acids is 1. The molecule has 4 N–H and O–H groups in total. The van der Waals surface area contributed by atoms with Crippen LogP contribution in [0.4, 0.5) is 0 Å². The summed E-state index contributed by atoms with van der Waals surface area (Å²) in [5, 5.41) is 38.6. The van der Waals surface area contributed by atoms with Crippen molar-refractivity contribution >= 4 is 5.97 Å². The first-order valence-corrected chi connectivity index (χ1v) is 9.62. The summed E-state index contributed by atoms with van der Waals surface area (Å²) in [6, 6.07) is 0. The minimum Gasteiger partial charge on any atom is -0.478 e. The fourth-order valence-electron chi connectivity index (χ4n) is 5.50. The van der Waals surface area contributed by atoms with Crippen LogP contribution < -0.4 is 0 Å². The second kappa shape index (κ2) is 8.19. The number of hydrogen-bond donors (Lipinski definition) is 4. The van der Waals surface area contributed by atoms with E-state index in [4.69, 9.17) is 5.11 Å². The number of fused-ring (bicyclic) bond motifs is 1. The molecule has 0 bridgehead atoms. The van der Waals surface area contributed by atoms with Crippen LogP contribution in [0.1, 0.15) is 58.8 Å². The molecule has 0 aromatic rings. The Kier molecular flexibility index (Phi) is 6.68. The molecule has 0 radical (unpaired) electrons. The second-order valence-corrected chi connectivity index (χ2v) is 8.41. The van der Waals surface area contributed by atoms with Crippen molar-refractivity contribution < 1.29 is 25.2 Å². The van der Waals surface area contributed by atoms with Crippen molar-refractivity contribution in [3.05, 3.63) is 11.6 Å². The molecule has 5 nitrogen and oxygen atoms in total. The molecule has 0 aliphatic heterocycles. The minimum absolute atomic E-state index is 0.0705. The molecular formula is C20H34O5. The van der Waals surface area contributed by atoms with Crippen LogP contribution in [0, 0.1) is 28.6 Å². The lowest BCUT2D eigenvalue weighted by molar-refractivity contribution is -0.140. The molecule has 2 rings (SSSR count). The average Bonchev–Trinajstić information content (AvgIpc) is 2.61. The molecule has 0 spiro atoms. The van der Waals surface area contributed by atoms with Gasteiger partial charge in [-0.05, 0) is 68.1 Å². The van der Waals surface area contributed by atoms with Gasteiger partial charge in [0, 0.05) is 24.2 Å². The molecule has 5 heteroatoms. The zero-order valence-electron chi connectivity index (χ0n) is 15.6. The van der Waals surface area contributed by atoms with Gasteiger partial charge in [0.1, 0.15) is 0 Å². The Hall–Kier alpha value is -0.910. The molecule has 1 saturated carbocycles. The van der Waals surface area contributed by atoms with Gasteiger partial charge in [-0.1, -0.05) is 19.9 Å². The Morgan fingerprint density at radius 1 is 1.28 bits per heavy atom. The van der Waals surface area contributed by atoms with E-state index in [2.05, 4.69) is 13.8 Å². The lowest BCUT2D eigenvalue weighted by atomic mass is 9.46. The molecule has 1 fully saturated rings. The van der Waals surface area contributed by atoms with Gasteiger partial charge in [0.15, 0.2) is 0 Å². The third-order valence-electron chi connectivity index (χ3n) is 7.35. The number of rotatable bonds is 8. The van der Waals surface area contributed by atoms with Gasteiger partial charge in [0.2, 0.25) is 0 Å². The molecule has 0 amide bonds. The van der Waals surface area contributed by atoms with Crippen LogP contribution in [-0.4, -0.2) is 46.2 Å². The molecular weight excluding hydrogens is 320 g/mol. The molecule has 0 aromatic carbocycles. The van der Waals surface area contributed by atoms with Crippen molar-refractivity contribution in [2.75, 3.05) is 19.8 Å². The van der Waals surface area contributed by atoms with E-state index in [1.165, 1.54) is 0 Å². The summed E-state index contributed by atoms with van der Waals surface area (Å²) in [6.45, 7) is 4.51. The zero-order chi connectivity index (χ0) is 18.7. The minimum atomic E-state index is -0.899. The summed E-state index contributed by atoms with van der Waals surface area (Å²) in [4.78, 5) is 11.8. The third-order valence-corrected chi connectivity index (χ3v) is 7.35. The van der Waals surface area contributed by atoms with Gasteiger partial charge in [-0.3, -0.25) is 0 Å². The number of aliphatic carboxylic acids is 1. The predicted octanol–water partition coefficient (Wildman–Crippen LogP) is 2.59. The van der Waals surface area contributed by atoms with Crippen molar-refractivity contribution in [3.63, 3.8) is 0 Å². The van der Waals surface area contributed by atoms with Crippen molar-refractivity contribution in [1.29, 1.82) is 0 Å². The normalized spacial score (nSPS) is 36.4. The number of allylic oxidation sites excluding steroid dienone is 1. The SMILES string of the molecule is CC1CCC2(CO)C(C(=O)O)=CCCC2C1(C)CCC(CO)CCO. The highest BCUT2D eigenvalue weighted by Crippen LogP contribution is 2.62. The van der Waals surface area contributed by atoms with Crippen molar-refractivity contribution in [1.82, 2.24) is 0 Å². The Morgan fingerprint density at radius 2 is 2.00 bits per heavy atom. The zero-order valence-corrected chi connectivity index (χ0v) is 15.6. The van der Waals surface area contributed by atoms with Crippen LogP contribution in [0.5, 0.6) is 0 Å². The third kappa shape index (κ3) is 3.64. The maximum Gasteiger partial charge on any atom is 0.331 e. The van der Waals surface area contributed by atoms with Crippen LogP contribution in [0.3, 0.4) is 0 Å². The highest BCUT2D eigenvalue weighted by molar-refractivity contribution is 5.88. The molecule has 2 aliphatic rings. The fourth-order valence-corrected chi connectivity index (χ4v) is 5.50. The van der Waals surface area contributed by atoms with E-state index in [0.717, 1.165) is 38.5 Å². The summed E-state index contributed by atoms with van der Waals surface area (Å²) in [5.74, 6) is -0.237. The van der Waals surface area contributed by atoms with Gasteiger partial charge in [-0.15, -0.1) is 0 Å². The first-order chi connectivity index (χ1) is 11.9. The van der Waals surface area contributed by atoms with Crippen LogP contribution in [-0.2, 0) is 4.79 Å². The number of hydrogen-bond acceptors (Lipinski definition) is 4. The largest absolute Gasteiger partial charge is 0.478 e. The van der Waals surface area contributed by atoms with E-state index in [1.807, 2.05) is 6.08 Å². The Labute approximate surface area is 150 Å². The second-order valence-electron chi connectivity index (χ2n) is 8.41. The average molecular weight is 354 g/mol. The van der Waals surface area contributed by atoms with E-state index in [0.29, 0.717) is 17.9 Å². The molecule has 0 aromatic heterocycles. The lowest BCUT2D eigenvalue weighted by Gasteiger charge is -2.58. The van der Waals surface area contributed by atoms with Crippen LogP contribution in [0.2, 0.25) is 0 Å². The summed E-state index contributed by atoms with van der Waals surface area (Å²) >= 11 is 0. The number of aliphatic hydroxyl groups excluding tert-OH is 3. The highest BCUT2D eigenvalue weighted by atomic mass is 16.4. The first kappa shape index (κ1) is 20.4. The fraction of sp³-hybridized carbons (Fsp3) is 0.850. The summed E-state index contributed by atoms with van der Waals surface area (Å²) in [6.07, 6.45) is 7.40. The maximum atomic E-state index is 11.8. The molecule has 0 saturated heterocycles. The summed E-state index contributed by atoms with van der Waals surface area (Å²) < 4.78 is 0. The van der Waals surface area contributed by atoms with E-state index in [1.54, 1.807) is 0 Å². The monoisotopic (exact) mass is 354 g/mol. The lowest BCUT2D eigenvalue weighted by Crippen LogP contribution is -2.54. The van der Waals surface area contributed by atoms with Gasteiger partial charge in [0.05, 0.1) is 6.61 Å². The van der Waals surface area contributed by atoms with Crippen molar-refractivity contribution in [3.8, 4) is 0 Å². The van der Waals surface area contributed by atoms with Gasteiger partial charge in [0.25, 0.3) is 0 Å². The number of aliphatic hydroxyl groups is 3. The van der Waals surface area contributed by atoms with Crippen molar-refractivity contribution in [2.24, 2.45) is 28.6 Å². The van der Waals surface area contributed by atoms with Gasteiger partial charge in [-0.25, -0.2) is 4.79 Å². The Bertz CT molecular complexity index is 502. The maximum absolute atomic E-state index is 11.8. The molecule has 5 unspecified atom stereocenters. The summed E-state index contributed by atoms with van der Waals surface area (Å²) in [7, 11) is 0. The molecule has 0 heterocycles. The topological polar surface area (TPSA) is 98.0 Å². The smallest absolute Gasteiger partial charge is 0.331 e. The number of carboxylic acid groups (broad SMARTS) is 1. The van der Waals surface area contributed by atoms with Crippen molar-refractivity contribution in [2.45, 2.75) is 58.8 Å². The molecule has 25 heavy (non-hydrogen) atoms. The Balaban J connectivity index is 2.30.